The van der Waals surface area contributed by atoms with E-state index in [-0.39, 0.29) is 17.8 Å². The number of rotatable bonds is 4. The zero-order valence-corrected chi connectivity index (χ0v) is 16.2. The predicted octanol–water partition coefficient (Wildman–Crippen LogP) is 3.19. The fraction of sp³-hybridized carbons (Fsp3) is 0.211. The largest absolute Gasteiger partial charge is 0.341 e. The predicted molar refractivity (Wildman–Crippen MR) is 108 cm³/mol. The number of carbonyl (C=O) groups is 3. The molecule has 1 heterocycles. The Bertz CT molecular complexity index is 870. The van der Waals surface area contributed by atoms with E-state index in [4.69, 9.17) is 0 Å². The number of amides is 4. The van der Waals surface area contributed by atoms with Crippen LogP contribution in [0.5, 0.6) is 0 Å². The van der Waals surface area contributed by atoms with Crippen LogP contribution < -0.4 is 20.9 Å². The van der Waals surface area contributed by atoms with E-state index in [1.807, 2.05) is 24.3 Å². The van der Waals surface area contributed by atoms with Crippen LogP contribution in [0.4, 0.5) is 21.9 Å². The van der Waals surface area contributed by atoms with Gasteiger partial charge in [0.15, 0.2) is 0 Å². The average molecular weight is 431 g/mol. The highest BCUT2D eigenvalue weighted by molar-refractivity contribution is 9.10. The van der Waals surface area contributed by atoms with Crippen LogP contribution in [-0.2, 0) is 9.59 Å². The summed E-state index contributed by atoms with van der Waals surface area (Å²) in [5.74, 6) is -1.25. The van der Waals surface area contributed by atoms with Gasteiger partial charge >= 0.3 is 6.03 Å². The summed E-state index contributed by atoms with van der Waals surface area (Å²) in [6.45, 7) is 0.502. The standard InChI is InChI=1S/C19H19BrN4O3/c1-21-19(27)23-14-7-5-13(6-8-14)22-17(25)16-9-10-24(18(16)26)15-4-2-3-12(20)11-15/h2-8,11,16H,9-10H2,1H3,(H,22,25)(H2,21,23,27). The van der Waals surface area contributed by atoms with Gasteiger partial charge in [-0.3, -0.25) is 9.59 Å². The van der Waals surface area contributed by atoms with Crippen molar-refractivity contribution in [1.82, 2.24) is 5.32 Å². The molecule has 27 heavy (non-hydrogen) atoms. The van der Waals surface area contributed by atoms with E-state index in [0.29, 0.717) is 24.3 Å². The molecule has 1 saturated heterocycles. The van der Waals surface area contributed by atoms with Gasteiger partial charge in [-0.25, -0.2) is 4.79 Å². The van der Waals surface area contributed by atoms with Gasteiger partial charge < -0.3 is 20.9 Å². The average Bonchev–Trinajstić information content (AvgIpc) is 3.04. The molecular formula is C19H19BrN4O3. The van der Waals surface area contributed by atoms with Crippen molar-refractivity contribution in [2.75, 3.05) is 29.1 Å². The van der Waals surface area contributed by atoms with Gasteiger partial charge in [0.05, 0.1) is 0 Å². The molecule has 2 aromatic carbocycles. The van der Waals surface area contributed by atoms with Crippen LogP contribution in [0.2, 0.25) is 0 Å². The summed E-state index contributed by atoms with van der Waals surface area (Å²) in [6.07, 6.45) is 0.466. The highest BCUT2D eigenvalue weighted by Crippen LogP contribution is 2.28. The van der Waals surface area contributed by atoms with Crippen LogP contribution in [0.25, 0.3) is 0 Å². The third-order valence-corrected chi connectivity index (χ3v) is 4.77. The second-order valence-corrected chi connectivity index (χ2v) is 7.00. The van der Waals surface area contributed by atoms with Crippen molar-refractivity contribution in [3.8, 4) is 0 Å². The van der Waals surface area contributed by atoms with E-state index >= 15 is 0 Å². The van der Waals surface area contributed by atoms with E-state index in [1.54, 1.807) is 29.2 Å². The second kappa shape index (κ2) is 8.22. The number of hydrogen-bond donors (Lipinski definition) is 3. The summed E-state index contributed by atoms with van der Waals surface area (Å²) < 4.78 is 0.881. The SMILES string of the molecule is CNC(=O)Nc1ccc(NC(=O)C2CCN(c3cccc(Br)c3)C2=O)cc1. The maximum atomic E-state index is 12.7. The van der Waals surface area contributed by atoms with Gasteiger partial charge in [0.2, 0.25) is 11.8 Å². The van der Waals surface area contributed by atoms with Gasteiger partial charge in [-0.05, 0) is 48.9 Å². The first-order valence-electron chi connectivity index (χ1n) is 8.44. The van der Waals surface area contributed by atoms with E-state index in [9.17, 15) is 14.4 Å². The van der Waals surface area contributed by atoms with Crippen molar-refractivity contribution in [1.29, 1.82) is 0 Å². The monoisotopic (exact) mass is 430 g/mol. The highest BCUT2D eigenvalue weighted by atomic mass is 79.9. The zero-order valence-electron chi connectivity index (χ0n) is 14.7. The molecule has 0 saturated carbocycles. The van der Waals surface area contributed by atoms with Crippen molar-refractivity contribution in [2.24, 2.45) is 5.92 Å². The van der Waals surface area contributed by atoms with E-state index in [2.05, 4.69) is 31.9 Å². The summed E-state index contributed by atoms with van der Waals surface area (Å²) in [5.41, 5.74) is 1.94. The minimum absolute atomic E-state index is 0.205. The van der Waals surface area contributed by atoms with Crippen molar-refractivity contribution in [3.05, 3.63) is 53.0 Å². The number of anilines is 3. The number of benzene rings is 2. The molecule has 4 amide bonds. The molecule has 8 heteroatoms. The highest BCUT2D eigenvalue weighted by Gasteiger charge is 2.37. The Morgan fingerprint density at radius 2 is 1.74 bits per heavy atom. The number of nitrogens with one attached hydrogen (secondary N) is 3. The van der Waals surface area contributed by atoms with Gasteiger partial charge in [0, 0.05) is 35.1 Å². The minimum atomic E-state index is -0.715. The van der Waals surface area contributed by atoms with Crippen molar-refractivity contribution in [2.45, 2.75) is 6.42 Å². The molecule has 0 aromatic heterocycles. The molecule has 0 radical (unpaired) electrons. The molecule has 140 valence electrons. The summed E-state index contributed by atoms with van der Waals surface area (Å²) >= 11 is 3.40. The number of carbonyl (C=O) groups excluding carboxylic acids is 3. The maximum Gasteiger partial charge on any atom is 0.318 e. The molecular weight excluding hydrogens is 412 g/mol. The van der Waals surface area contributed by atoms with Gasteiger partial charge in [0.1, 0.15) is 5.92 Å². The third kappa shape index (κ3) is 4.46. The van der Waals surface area contributed by atoms with Gasteiger partial charge in [0.25, 0.3) is 0 Å². The molecule has 1 atom stereocenters. The first-order chi connectivity index (χ1) is 13.0. The van der Waals surface area contributed by atoms with E-state index in [0.717, 1.165) is 10.2 Å². The summed E-state index contributed by atoms with van der Waals surface area (Å²) in [4.78, 5) is 38.1. The number of hydrogen-bond acceptors (Lipinski definition) is 3. The Hall–Kier alpha value is -2.87. The normalized spacial score (nSPS) is 16.1. The van der Waals surface area contributed by atoms with Crippen molar-refractivity contribution >= 4 is 50.8 Å². The quantitative estimate of drug-likeness (QED) is 0.650. The van der Waals surface area contributed by atoms with Gasteiger partial charge in [-0.2, -0.15) is 0 Å². The lowest BCUT2D eigenvalue weighted by Gasteiger charge is -2.17. The molecule has 2 aromatic rings. The fourth-order valence-electron chi connectivity index (χ4n) is 2.88. The lowest BCUT2D eigenvalue weighted by atomic mass is 10.1. The molecule has 1 fully saturated rings. The van der Waals surface area contributed by atoms with Crippen LogP contribution >= 0.6 is 15.9 Å². The Morgan fingerprint density at radius 3 is 2.37 bits per heavy atom. The molecule has 7 nitrogen and oxygen atoms in total. The van der Waals surface area contributed by atoms with Gasteiger partial charge in [-0.1, -0.05) is 22.0 Å². The van der Waals surface area contributed by atoms with E-state index < -0.39 is 5.92 Å². The summed E-state index contributed by atoms with van der Waals surface area (Å²) in [6, 6.07) is 13.8. The Kier molecular flexibility index (Phi) is 5.75. The van der Waals surface area contributed by atoms with Crippen molar-refractivity contribution < 1.29 is 14.4 Å². The first-order valence-corrected chi connectivity index (χ1v) is 9.24. The first kappa shape index (κ1) is 18.9. The molecule has 1 aliphatic heterocycles. The van der Waals surface area contributed by atoms with Crippen LogP contribution in [0.1, 0.15) is 6.42 Å². The van der Waals surface area contributed by atoms with Crippen LogP contribution in [0.3, 0.4) is 0 Å². The Labute approximate surface area is 165 Å². The summed E-state index contributed by atoms with van der Waals surface area (Å²) in [5, 5.41) is 7.86. The molecule has 1 unspecified atom stereocenters. The molecule has 3 N–H and O–H groups in total. The Balaban J connectivity index is 1.63. The number of halogens is 1. The minimum Gasteiger partial charge on any atom is -0.341 e. The van der Waals surface area contributed by atoms with Crippen molar-refractivity contribution in [3.63, 3.8) is 0 Å². The molecule has 0 bridgehead atoms. The molecule has 0 spiro atoms. The summed E-state index contributed by atoms with van der Waals surface area (Å²) in [7, 11) is 1.53. The van der Waals surface area contributed by atoms with Crippen LogP contribution in [-0.4, -0.2) is 31.4 Å². The molecule has 1 aliphatic rings. The van der Waals surface area contributed by atoms with E-state index in [1.165, 1.54) is 7.05 Å². The lowest BCUT2D eigenvalue weighted by Crippen LogP contribution is -2.33. The van der Waals surface area contributed by atoms with Crippen LogP contribution in [0.15, 0.2) is 53.0 Å². The number of urea groups is 1. The van der Waals surface area contributed by atoms with Crippen LogP contribution in [0, 0.1) is 5.92 Å². The smallest absolute Gasteiger partial charge is 0.318 e. The fourth-order valence-corrected chi connectivity index (χ4v) is 3.27. The maximum absolute atomic E-state index is 12.7. The third-order valence-electron chi connectivity index (χ3n) is 4.28. The molecule has 0 aliphatic carbocycles. The topological polar surface area (TPSA) is 90.5 Å². The lowest BCUT2D eigenvalue weighted by molar-refractivity contribution is -0.129. The Morgan fingerprint density at radius 1 is 1.07 bits per heavy atom. The second-order valence-electron chi connectivity index (χ2n) is 6.08. The zero-order chi connectivity index (χ0) is 19.4. The molecule has 3 rings (SSSR count). The number of nitrogens with zero attached hydrogens (tertiary/aromatic N) is 1. The van der Waals surface area contributed by atoms with Gasteiger partial charge in [-0.15, -0.1) is 0 Å².